The van der Waals surface area contributed by atoms with E-state index >= 15 is 0 Å². The van der Waals surface area contributed by atoms with Crippen LogP contribution in [-0.2, 0) is 0 Å². The highest BCUT2D eigenvalue weighted by Crippen LogP contribution is 2.31. The molecule has 4 heteroatoms. The molecule has 0 aliphatic rings. The molecule has 1 atom stereocenters. The third-order valence-electron chi connectivity index (χ3n) is 6.91. The summed E-state index contributed by atoms with van der Waals surface area (Å²) in [6.07, 6.45) is 14.9. The zero-order valence-electron chi connectivity index (χ0n) is 26.8. The van der Waals surface area contributed by atoms with Crippen LogP contribution in [0.4, 0.5) is 5.69 Å². The Morgan fingerprint density at radius 1 is 1.02 bits per heavy atom. The molecule has 0 N–H and O–H groups in total. The number of aromatic nitrogens is 1. The highest BCUT2D eigenvalue weighted by molar-refractivity contribution is 5.79. The van der Waals surface area contributed by atoms with Crippen LogP contribution in [0.5, 0.6) is 11.6 Å². The molecule has 220 valence electrons. The summed E-state index contributed by atoms with van der Waals surface area (Å²) in [7, 11) is 0. The topological polar surface area (TPSA) is 37.7 Å². The highest BCUT2D eigenvalue weighted by atomic mass is 16.5. The van der Waals surface area contributed by atoms with Gasteiger partial charge in [-0.3, -0.25) is 4.99 Å². The Labute approximate surface area is 246 Å². The maximum atomic E-state index is 5.93. The largest absolute Gasteiger partial charge is 0.439 e. The summed E-state index contributed by atoms with van der Waals surface area (Å²) < 4.78 is 5.93. The van der Waals surface area contributed by atoms with Crippen molar-refractivity contribution < 1.29 is 4.74 Å². The molecule has 0 saturated heterocycles. The molecule has 0 radical (unpaired) electrons. The van der Waals surface area contributed by atoms with E-state index in [1.165, 1.54) is 42.5 Å². The molecule has 1 aromatic carbocycles. The van der Waals surface area contributed by atoms with Crippen LogP contribution in [0.1, 0.15) is 106 Å². The van der Waals surface area contributed by atoms with Gasteiger partial charge in [-0.1, -0.05) is 83.5 Å². The quantitative estimate of drug-likeness (QED) is 0.209. The highest BCUT2D eigenvalue weighted by Gasteiger charge is 2.21. The van der Waals surface area contributed by atoms with Gasteiger partial charge in [0.05, 0.1) is 11.9 Å². The van der Waals surface area contributed by atoms with Crippen molar-refractivity contribution in [3.63, 3.8) is 0 Å². The van der Waals surface area contributed by atoms with Crippen molar-refractivity contribution in [3.8, 4) is 11.6 Å². The second kappa shape index (κ2) is 19.8. The summed E-state index contributed by atoms with van der Waals surface area (Å²) in [6, 6.07) is 12.3. The first kappa shape index (κ1) is 34.9. The second-order valence-electron chi connectivity index (χ2n) is 10.9. The molecule has 0 aliphatic carbocycles. The molecule has 1 heterocycles. The van der Waals surface area contributed by atoms with E-state index in [1.807, 2.05) is 68.7 Å². The van der Waals surface area contributed by atoms with Crippen molar-refractivity contribution in [1.82, 2.24) is 4.98 Å². The molecule has 1 aromatic heterocycles. The van der Waals surface area contributed by atoms with E-state index in [-0.39, 0.29) is 0 Å². The second-order valence-corrected chi connectivity index (χ2v) is 10.9. The van der Waals surface area contributed by atoms with Crippen LogP contribution in [0.15, 0.2) is 77.1 Å². The van der Waals surface area contributed by atoms with Crippen molar-refractivity contribution >= 4 is 18.0 Å². The van der Waals surface area contributed by atoms with E-state index in [4.69, 9.17) is 4.74 Å². The molecule has 0 spiro atoms. The van der Waals surface area contributed by atoms with Crippen LogP contribution in [0.3, 0.4) is 0 Å². The molecule has 40 heavy (non-hydrogen) atoms. The van der Waals surface area contributed by atoms with Gasteiger partial charge >= 0.3 is 0 Å². The smallest absolute Gasteiger partial charge is 0.219 e. The number of nitrogens with zero attached hydrogens (tertiary/aromatic N) is 3. The minimum Gasteiger partial charge on any atom is -0.439 e. The van der Waals surface area contributed by atoms with Gasteiger partial charge in [-0.2, -0.15) is 0 Å². The fraction of sp³-hybridized carbons (Fsp3) is 0.500. The fourth-order valence-corrected chi connectivity index (χ4v) is 4.25. The van der Waals surface area contributed by atoms with Crippen LogP contribution in [0.25, 0.3) is 6.08 Å². The molecule has 0 fully saturated rings. The molecular weight excluding hydrogens is 490 g/mol. The van der Waals surface area contributed by atoms with E-state index in [0.29, 0.717) is 11.9 Å². The van der Waals surface area contributed by atoms with Crippen LogP contribution in [-0.4, -0.2) is 23.8 Å². The fourth-order valence-electron chi connectivity index (χ4n) is 4.25. The lowest BCUT2D eigenvalue weighted by atomic mass is 9.97. The summed E-state index contributed by atoms with van der Waals surface area (Å²) in [6.45, 7) is 24.6. The number of pyridine rings is 1. The summed E-state index contributed by atoms with van der Waals surface area (Å²) >= 11 is 0. The van der Waals surface area contributed by atoms with Crippen molar-refractivity contribution in [1.29, 1.82) is 0 Å². The third-order valence-corrected chi connectivity index (χ3v) is 6.91. The molecule has 0 saturated carbocycles. The summed E-state index contributed by atoms with van der Waals surface area (Å²) in [5.41, 5.74) is 5.93. The Morgan fingerprint density at radius 3 is 2.25 bits per heavy atom. The first-order chi connectivity index (χ1) is 19.2. The van der Waals surface area contributed by atoms with E-state index in [9.17, 15) is 0 Å². The normalized spacial score (nSPS) is 12.1. The molecule has 0 amide bonds. The first-order valence-corrected chi connectivity index (χ1v) is 15.2. The molecule has 0 aliphatic heterocycles. The predicted octanol–water partition coefficient (Wildman–Crippen LogP) is 11.1. The van der Waals surface area contributed by atoms with E-state index in [2.05, 4.69) is 76.0 Å². The maximum Gasteiger partial charge on any atom is 0.219 e. The van der Waals surface area contributed by atoms with Gasteiger partial charge in [0.1, 0.15) is 5.75 Å². The number of aliphatic imine (C=N–C) groups is 1. The lowest BCUT2D eigenvalue weighted by Crippen LogP contribution is -2.37. The molecule has 2 rings (SSSR count). The molecule has 2 aromatic rings. The number of hydrogen-bond donors (Lipinski definition) is 0. The SMILES string of the molecule is C/C=C(\C=NC(C)=C(C)C)CC.C=Cc1cc(Oc2ccccc2)ncc1N(CCC)C(CCC)CCC(C)C. The number of allylic oxidation sites excluding steroid dienone is 4. The van der Waals surface area contributed by atoms with Crippen molar-refractivity contribution in [2.75, 3.05) is 11.4 Å². The first-order valence-electron chi connectivity index (χ1n) is 15.2. The lowest BCUT2D eigenvalue weighted by Gasteiger charge is -2.35. The Bertz CT molecular complexity index is 1080. The minimum absolute atomic E-state index is 0.536. The summed E-state index contributed by atoms with van der Waals surface area (Å²) in [5.74, 6) is 2.13. The van der Waals surface area contributed by atoms with Crippen LogP contribution in [0.2, 0.25) is 0 Å². The number of hydrogen-bond acceptors (Lipinski definition) is 4. The van der Waals surface area contributed by atoms with Gasteiger partial charge in [-0.15, -0.1) is 0 Å². The zero-order chi connectivity index (χ0) is 29.9. The van der Waals surface area contributed by atoms with Crippen LogP contribution in [0, 0.1) is 5.92 Å². The zero-order valence-corrected chi connectivity index (χ0v) is 26.8. The Kier molecular flexibility index (Phi) is 17.3. The van der Waals surface area contributed by atoms with Crippen LogP contribution >= 0.6 is 0 Å². The van der Waals surface area contributed by atoms with Gasteiger partial charge < -0.3 is 9.64 Å². The summed E-state index contributed by atoms with van der Waals surface area (Å²) in [5, 5.41) is 0. The van der Waals surface area contributed by atoms with Crippen LogP contribution < -0.4 is 9.64 Å². The van der Waals surface area contributed by atoms with Crippen molar-refractivity contribution in [3.05, 3.63) is 77.7 Å². The number of anilines is 1. The van der Waals surface area contributed by atoms with E-state index < -0.39 is 0 Å². The Hall–Kier alpha value is -3.14. The minimum atomic E-state index is 0.536. The van der Waals surface area contributed by atoms with Crippen molar-refractivity contribution in [2.45, 2.75) is 107 Å². The molecule has 4 nitrogen and oxygen atoms in total. The average molecular weight is 546 g/mol. The third kappa shape index (κ3) is 12.8. The monoisotopic (exact) mass is 545 g/mol. The number of ether oxygens (including phenoxy) is 1. The number of benzene rings is 1. The van der Waals surface area contributed by atoms with Gasteiger partial charge in [0.2, 0.25) is 5.88 Å². The van der Waals surface area contributed by atoms with E-state index in [0.717, 1.165) is 42.3 Å². The number of rotatable bonds is 15. The summed E-state index contributed by atoms with van der Waals surface area (Å²) in [4.78, 5) is 11.5. The van der Waals surface area contributed by atoms with Gasteiger partial charge in [-0.25, -0.2) is 4.98 Å². The number of para-hydroxylation sites is 1. The Balaban J connectivity index is 0.000000562. The van der Waals surface area contributed by atoms with Gasteiger partial charge in [0.25, 0.3) is 0 Å². The van der Waals surface area contributed by atoms with Gasteiger partial charge in [0, 0.05) is 36.1 Å². The Morgan fingerprint density at radius 2 is 1.73 bits per heavy atom. The van der Waals surface area contributed by atoms with E-state index in [1.54, 1.807) is 0 Å². The average Bonchev–Trinajstić information content (AvgIpc) is 2.95. The lowest BCUT2D eigenvalue weighted by molar-refractivity contribution is 0.445. The maximum absolute atomic E-state index is 5.93. The molecule has 1 unspecified atom stereocenters. The predicted molar refractivity (Wildman–Crippen MR) is 178 cm³/mol. The standard InChI is InChI=1S/C25H36N2O.C11H19N/c1-6-12-22(16-15-20(4)5)27(17-7-2)24-19-26-25(18-21(24)8-3)28-23-13-10-9-11-14-23;1-6-11(7-2)8-12-10(5)9(3)4/h8-11,13-14,18-20,22H,3,6-7,12,15-17H2,1-2,4-5H3;6,8H,7H2,1-5H3/b;11-6-,12-8?. The van der Waals surface area contributed by atoms with Gasteiger partial charge in [0.15, 0.2) is 0 Å². The van der Waals surface area contributed by atoms with Gasteiger partial charge in [-0.05, 0) is 83.4 Å². The molecular formula is C36H55N3O. The molecule has 0 bridgehead atoms. The van der Waals surface area contributed by atoms with Crippen molar-refractivity contribution in [2.24, 2.45) is 10.9 Å².